The first-order chi connectivity index (χ1) is 10.2. The zero-order valence-corrected chi connectivity index (χ0v) is 13.4. The summed E-state index contributed by atoms with van der Waals surface area (Å²) < 4.78 is 26.3. The van der Waals surface area contributed by atoms with E-state index in [2.05, 4.69) is 21.9 Å². The molecule has 0 amide bonds. The molecule has 0 fully saturated rings. The average Bonchev–Trinajstić information content (AvgIpc) is 2.47. The third-order valence-electron chi connectivity index (χ3n) is 2.99. The average molecular weight is 315 g/mol. The van der Waals surface area contributed by atoms with Crippen molar-refractivity contribution in [3.05, 3.63) is 35.4 Å². The molecule has 21 heavy (non-hydrogen) atoms. The summed E-state index contributed by atoms with van der Waals surface area (Å²) in [6.07, 6.45) is 4.85. The lowest BCUT2D eigenvalue weighted by molar-refractivity contribution is 0.570. The van der Waals surface area contributed by atoms with Crippen molar-refractivity contribution in [1.29, 1.82) is 0 Å². The summed E-state index contributed by atoms with van der Waals surface area (Å²) in [6, 6.07) is 3.66. The summed E-state index contributed by atoms with van der Waals surface area (Å²) in [5.41, 5.74) is 0.499. The number of nitrogens with zero attached hydrogens (tertiary/aromatic N) is 1. The van der Waals surface area contributed by atoms with Crippen LogP contribution in [-0.2, 0) is 6.42 Å². The Kier molecular flexibility index (Phi) is 8.82. The van der Waals surface area contributed by atoms with Crippen molar-refractivity contribution in [2.45, 2.75) is 19.3 Å². The molecule has 0 saturated heterocycles. The molecule has 1 aromatic rings. The highest BCUT2D eigenvalue weighted by Crippen LogP contribution is 2.09. The molecule has 0 aromatic heterocycles. The SMILES string of the molecule is CN=C(NCCCCSC)NCCc1ccc(F)cc1F. The fourth-order valence-corrected chi connectivity index (χ4v) is 2.33. The predicted octanol–water partition coefficient (Wildman–Crippen LogP) is 2.82. The molecule has 0 heterocycles. The Hall–Kier alpha value is -1.30. The van der Waals surface area contributed by atoms with Gasteiger partial charge in [-0.05, 0) is 42.9 Å². The van der Waals surface area contributed by atoms with Crippen LogP contribution in [0.3, 0.4) is 0 Å². The van der Waals surface area contributed by atoms with E-state index in [1.165, 1.54) is 18.6 Å². The standard InChI is InChI=1S/C15H23F2N3S/c1-18-15(19-8-3-4-10-21-2)20-9-7-12-5-6-13(16)11-14(12)17/h5-6,11H,3-4,7-10H2,1-2H3,(H2,18,19,20). The number of unbranched alkanes of at least 4 members (excludes halogenated alkanes) is 1. The van der Waals surface area contributed by atoms with Crippen molar-refractivity contribution < 1.29 is 8.78 Å². The normalized spacial score (nSPS) is 11.5. The van der Waals surface area contributed by atoms with Gasteiger partial charge in [-0.3, -0.25) is 4.99 Å². The molecule has 1 aromatic carbocycles. The smallest absolute Gasteiger partial charge is 0.190 e. The van der Waals surface area contributed by atoms with Gasteiger partial charge in [0.1, 0.15) is 11.6 Å². The second-order valence-electron chi connectivity index (χ2n) is 4.61. The van der Waals surface area contributed by atoms with Gasteiger partial charge in [-0.15, -0.1) is 0 Å². The molecule has 0 spiro atoms. The van der Waals surface area contributed by atoms with Crippen LogP contribution in [-0.4, -0.2) is 38.1 Å². The number of thioether (sulfide) groups is 1. The van der Waals surface area contributed by atoms with E-state index < -0.39 is 11.6 Å². The third-order valence-corrected chi connectivity index (χ3v) is 3.69. The number of halogens is 2. The Balaban J connectivity index is 2.26. The van der Waals surface area contributed by atoms with E-state index in [1.807, 2.05) is 11.8 Å². The lowest BCUT2D eigenvalue weighted by Crippen LogP contribution is -2.38. The van der Waals surface area contributed by atoms with E-state index in [0.29, 0.717) is 24.5 Å². The summed E-state index contributed by atoms with van der Waals surface area (Å²) in [6.45, 7) is 1.41. The van der Waals surface area contributed by atoms with Gasteiger partial charge in [-0.25, -0.2) is 8.78 Å². The zero-order chi connectivity index (χ0) is 15.5. The summed E-state index contributed by atoms with van der Waals surface area (Å²) in [5, 5.41) is 6.34. The van der Waals surface area contributed by atoms with Crippen LogP contribution in [0.4, 0.5) is 8.78 Å². The molecule has 3 nitrogen and oxygen atoms in total. The van der Waals surface area contributed by atoms with Crippen LogP contribution >= 0.6 is 11.8 Å². The minimum absolute atomic E-state index is 0.485. The van der Waals surface area contributed by atoms with E-state index in [-0.39, 0.29) is 0 Å². The molecule has 0 saturated carbocycles. The number of rotatable bonds is 8. The summed E-state index contributed by atoms with van der Waals surface area (Å²) in [7, 11) is 1.70. The van der Waals surface area contributed by atoms with Crippen LogP contribution in [0, 0.1) is 11.6 Å². The Labute approximate surface area is 129 Å². The van der Waals surface area contributed by atoms with Gasteiger partial charge >= 0.3 is 0 Å². The van der Waals surface area contributed by atoms with Crippen LogP contribution in [0.2, 0.25) is 0 Å². The molecule has 6 heteroatoms. The highest BCUT2D eigenvalue weighted by atomic mass is 32.2. The maximum Gasteiger partial charge on any atom is 0.190 e. The molecule has 2 N–H and O–H groups in total. The van der Waals surface area contributed by atoms with E-state index in [0.717, 1.165) is 24.8 Å². The van der Waals surface area contributed by atoms with Crippen molar-refractivity contribution >= 4 is 17.7 Å². The maximum atomic E-state index is 13.5. The number of nitrogens with one attached hydrogen (secondary N) is 2. The monoisotopic (exact) mass is 315 g/mol. The van der Waals surface area contributed by atoms with Gasteiger partial charge in [0.05, 0.1) is 0 Å². The number of benzene rings is 1. The van der Waals surface area contributed by atoms with Gasteiger partial charge in [-0.1, -0.05) is 6.07 Å². The van der Waals surface area contributed by atoms with Gasteiger partial charge < -0.3 is 10.6 Å². The third kappa shape index (κ3) is 7.32. The zero-order valence-electron chi connectivity index (χ0n) is 12.6. The van der Waals surface area contributed by atoms with E-state index in [1.54, 1.807) is 7.05 Å². The minimum Gasteiger partial charge on any atom is -0.356 e. The first-order valence-corrected chi connectivity index (χ1v) is 8.44. The molecule has 0 aliphatic carbocycles. The number of aliphatic imine (C=N–C) groups is 1. The quantitative estimate of drug-likeness (QED) is 0.440. The van der Waals surface area contributed by atoms with Crippen molar-refractivity contribution in [1.82, 2.24) is 10.6 Å². The molecule has 0 radical (unpaired) electrons. The van der Waals surface area contributed by atoms with Crippen molar-refractivity contribution in [3.8, 4) is 0 Å². The largest absolute Gasteiger partial charge is 0.356 e. The van der Waals surface area contributed by atoms with Crippen molar-refractivity contribution in [2.24, 2.45) is 4.99 Å². The van der Waals surface area contributed by atoms with Gasteiger partial charge in [0, 0.05) is 26.2 Å². The second kappa shape index (κ2) is 10.4. The Morgan fingerprint density at radius 1 is 1.19 bits per heavy atom. The fourth-order valence-electron chi connectivity index (χ4n) is 1.84. The Morgan fingerprint density at radius 3 is 2.62 bits per heavy atom. The highest BCUT2D eigenvalue weighted by molar-refractivity contribution is 7.98. The first kappa shape index (κ1) is 17.8. The lowest BCUT2D eigenvalue weighted by atomic mass is 10.1. The predicted molar refractivity (Wildman–Crippen MR) is 87.0 cm³/mol. The lowest BCUT2D eigenvalue weighted by Gasteiger charge is -2.12. The number of hydrogen-bond donors (Lipinski definition) is 2. The van der Waals surface area contributed by atoms with Crippen LogP contribution in [0.5, 0.6) is 0 Å². The molecular formula is C15H23F2N3S. The molecular weight excluding hydrogens is 292 g/mol. The molecule has 0 bridgehead atoms. The molecule has 118 valence electrons. The highest BCUT2D eigenvalue weighted by Gasteiger charge is 2.04. The topological polar surface area (TPSA) is 36.4 Å². The molecule has 0 atom stereocenters. The first-order valence-electron chi connectivity index (χ1n) is 7.04. The Morgan fingerprint density at radius 2 is 1.95 bits per heavy atom. The summed E-state index contributed by atoms with van der Waals surface area (Å²) >= 11 is 1.84. The van der Waals surface area contributed by atoms with Gasteiger partial charge in [-0.2, -0.15) is 11.8 Å². The van der Waals surface area contributed by atoms with Crippen molar-refractivity contribution in [3.63, 3.8) is 0 Å². The van der Waals surface area contributed by atoms with Crippen LogP contribution in [0.15, 0.2) is 23.2 Å². The molecule has 0 aliphatic heterocycles. The van der Waals surface area contributed by atoms with Gasteiger partial charge in [0.2, 0.25) is 0 Å². The summed E-state index contributed by atoms with van der Waals surface area (Å²) in [4.78, 5) is 4.11. The number of guanidine groups is 1. The molecule has 1 rings (SSSR count). The van der Waals surface area contributed by atoms with Gasteiger partial charge in [0.25, 0.3) is 0 Å². The number of hydrogen-bond acceptors (Lipinski definition) is 2. The van der Waals surface area contributed by atoms with Crippen LogP contribution < -0.4 is 10.6 Å². The van der Waals surface area contributed by atoms with Crippen LogP contribution in [0.25, 0.3) is 0 Å². The van der Waals surface area contributed by atoms with Gasteiger partial charge in [0.15, 0.2) is 5.96 Å². The van der Waals surface area contributed by atoms with Crippen molar-refractivity contribution in [2.75, 3.05) is 32.1 Å². The molecule has 0 aliphatic rings. The Bertz CT molecular complexity index is 453. The van der Waals surface area contributed by atoms with E-state index >= 15 is 0 Å². The summed E-state index contributed by atoms with van der Waals surface area (Å²) in [5.74, 6) is 0.822. The maximum absolute atomic E-state index is 13.5. The minimum atomic E-state index is -0.549. The molecule has 0 unspecified atom stereocenters. The van der Waals surface area contributed by atoms with Crippen LogP contribution in [0.1, 0.15) is 18.4 Å². The van der Waals surface area contributed by atoms with E-state index in [9.17, 15) is 8.78 Å². The fraction of sp³-hybridized carbons (Fsp3) is 0.533. The second-order valence-corrected chi connectivity index (χ2v) is 5.60. The van der Waals surface area contributed by atoms with E-state index in [4.69, 9.17) is 0 Å².